The van der Waals surface area contributed by atoms with Gasteiger partial charge in [0.25, 0.3) is 5.56 Å². The Morgan fingerprint density at radius 3 is 2.57 bits per heavy atom. The van der Waals surface area contributed by atoms with Crippen molar-refractivity contribution in [3.05, 3.63) is 87.2 Å². The fourth-order valence-electron chi connectivity index (χ4n) is 4.18. The standard InChI is InChI=1S/C25H20FN3O5S/c1-3-14-6-7-20-18(9-14)22(17-5-4-8-28-24(17)30)23(25(31)32)29(20)13-16-11-21(35(2,33)34)15(12-27)10-19(16)26/h4-11H,3,13H2,1-2H3,(H,28,30)(H,31,32). The van der Waals surface area contributed by atoms with Crippen molar-refractivity contribution in [1.29, 1.82) is 5.26 Å². The first-order valence-electron chi connectivity index (χ1n) is 10.6. The van der Waals surface area contributed by atoms with Crippen molar-refractivity contribution < 1.29 is 22.7 Å². The number of carboxylic acid groups (broad SMARTS) is 1. The molecule has 0 saturated heterocycles. The maximum Gasteiger partial charge on any atom is 0.353 e. The van der Waals surface area contributed by atoms with Crippen molar-refractivity contribution >= 4 is 26.7 Å². The minimum Gasteiger partial charge on any atom is -0.477 e. The molecule has 0 amide bonds. The molecule has 178 valence electrons. The number of aromatic carboxylic acids is 1. The van der Waals surface area contributed by atoms with Crippen molar-refractivity contribution in [2.24, 2.45) is 0 Å². The Balaban J connectivity index is 2.08. The number of aromatic nitrogens is 2. The van der Waals surface area contributed by atoms with Crippen molar-refractivity contribution in [2.75, 3.05) is 6.26 Å². The highest BCUT2D eigenvalue weighted by Crippen LogP contribution is 2.35. The van der Waals surface area contributed by atoms with Crippen LogP contribution in [0.3, 0.4) is 0 Å². The number of H-pyrrole nitrogens is 1. The topological polar surface area (TPSA) is 133 Å². The predicted octanol–water partition coefficient (Wildman–Crippen LogP) is 3.72. The number of nitrogens with one attached hydrogen (secondary N) is 1. The number of benzene rings is 2. The van der Waals surface area contributed by atoms with E-state index in [9.17, 15) is 32.8 Å². The molecule has 10 heteroatoms. The van der Waals surface area contributed by atoms with Crippen molar-refractivity contribution in [2.45, 2.75) is 24.8 Å². The molecule has 2 heterocycles. The number of hydrogen-bond donors (Lipinski definition) is 2. The molecular weight excluding hydrogens is 473 g/mol. The zero-order valence-electron chi connectivity index (χ0n) is 18.8. The van der Waals surface area contributed by atoms with Gasteiger partial charge >= 0.3 is 5.97 Å². The Morgan fingerprint density at radius 2 is 1.97 bits per heavy atom. The van der Waals surface area contributed by atoms with E-state index in [2.05, 4.69) is 4.98 Å². The van der Waals surface area contributed by atoms with Gasteiger partial charge in [0.15, 0.2) is 9.84 Å². The van der Waals surface area contributed by atoms with E-state index >= 15 is 0 Å². The van der Waals surface area contributed by atoms with Crippen LogP contribution in [-0.2, 0) is 22.8 Å². The van der Waals surface area contributed by atoms with Crippen LogP contribution in [0.5, 0.6) is 0 Å². The van der Waals surface area contributed by atoms with Crippen LogP contribution in [0.15, 0.2) is 58.4 Å². The minimum atomic E-state index is -3.86. The molecule has 0 unspecified atom stereocenters. The first kappa shape index (κ1) is 23.9. The van der Waals surface area contributed by atoms with E-state index in [1.54, 1.807) is 30.3 Å². The number of carboxylic acids is 1. The van der Waals surface area contributed by atoms with E-state index in [0.29, 0.717) is 17.3 Å². The summed E-state index contributed by atoms with van der Waals surface area (Å²) >= 11 is 0. The third kappa shape index (κ3) is 4.22. The average molecular weight is 494 g/mol. The Hall–Kier alpha value is -4.23. The first-order valence-corrected chi connectivity index (χ1v) is 12.4. The van der Waals surface area contributed by atoms with Gasteiger partial charge in [0.2, 0.25) is 0 Å². The lowest BCUT2D eigenvalue weighted by Crippen LogP contribution is -2.14. The second kappa shape index (κ2) is 8.85. The van der Waals surface area contributed by atoms with Gasteiger partial charge < -0.3 is 14.7 Å². The smallest absolute Gasteiger partial charge is 0.353 e. The third-order valence-corrected chi connectivity index (χ3v) is 6.96. The summed E-state index contributed by atoms with van der Waals surface area (Å²) in [7, 11) is -3.86. The summed E-state index contributed by atoms with van der Waals surface area (Å²) in [6.07, 6.45) is 3.00. The van der Waals surface area contributed by atoms with Crippen molar-refractivity contribution in [1.82, 2.24) is 9.55 Å². The number of pyridine rings is 1. The highest BCUT2D eigenvalue weighted by atomic mass is 32.2. The first-order chi connectivity index (χ1) is 16.6. The van der Waals surface area contributed by atoms with E-state index in [1.165, 1.54) is 16.8 Å². The summed E-state index contributed by atoms with van der Waals surface area (Å²) in [5.41, 5.74) is 0.479. The highest BCUT2D eigenvalue weighted by molar-refractivity contribution is 7.90. The van der Waals surface area contributed by atoms with Crippen molar-refractivity contribution in [3.63, 3.8) is 0 Å². The number of nitriles is 1. The molecule has 2 aromatic heterocycles. The molecule has 0 fully saturated rings. The largest absolute Gasteiger partial charge is 0.477 e. The molecule has 0 radical (unpaired) electrons. The number of sulfone groups is 1. The van der Waals surface area contributed by atoms with Crippen LogP contribution >= 0.6 is 0 Å². The maximum atomic E-state index is 15.0. The van der Waals surface area contributed by atoms with Crippen LogP contribution in [0, 0.1) is 17.1 Å². The summed E-state index contributed by atoms with van der Waals surface area (Å²) in [5.74, 6) is -2.19. The average Bonchev–Trinajstić information content (AvgIpc) is 3.13. The molecular formula is C25H20FN3O5S. The molecule has 0 spiro atoms. The Bertz CT molecular complexity index is 1710. The molecule has 8 nitrogen and oxygen atoms in total. The Labute approximate surface area is 199 Å². The molecule has 0 bridgehead atoms. The van der Waals surface area contributed by atoms with E-state index in [1.807, 2.05) is 6.92 Å². The predicted molar refractivity (Wildman–Crippen MR) is 128 cm³/mol. The lowest BCUT2D eigenvalue weighted by atomic mass is 10.0. The second-order valence-corrected chi connectivity index (χ2v) is 10.0. The zero-order chi connectivity index (χ0) is 25.5. The van der Waals surface area contributed by atoms with Gasteiger partial charge in [-0.15, -0.1) is 0 Å². The summed E-state index contributed by atoms with van der Waals surface area (Å²) in [6, 6.07) is 11.9. The van der Waals surface area contributed by atoms with Gasteiger partial charge in [-0.2, -0.15) is 5.26 Å². The fourth-order valence-corrected chi connectivity index (χ4v) is 5.04. The molecule has 2 N–H and O–H groups in total. The normalized spacial score (nSPS) is 11.5. The lowest BCUT2D eigenvalue weighted by molar-refractivity contribution is 0.0687. The van der Waals surface area contributed by atoms with Crippen LogP contribution in [0.25, 0.3) is 22.0 Å². The molecule has 0 aliphatic carbocycles. The highest BCUT2D eigenvalue weighted by Gasteiger charge is 2.27. The molecule has 35 heavy (non-hydrogen) atoms. The van der Waals surface area contributed by atoms with E-state index in [0.717, 1.165) is 24.0 Å². The fraction of sp³-hybridized carbons (Fsp3) is 0.160. The van der Waals surface area contributed by atoms with Crippen LogP contribution in [0.2, 0.25) is 0 Å². The maximum absolute atomic E-state index is 15.0. The van der Waals surface area contributed by atoms with Gasteiger partial charge in [-0.3, -0.25) is 4.79 Å². The van der Waals surface area contributed by atoms with Crippen molar-refractivity contribution in [3.8, 4) is 17.2 Å². The van der Waals surface area contributed by atoms with Gasteiger partial charge in [0, 0.05) is 40.0 Å². The van der Waals surface area contributed by atoms with E-state index in [4.69, 9.17) is 0 Å². The Kier molecular flexibility index (Phi) is 6.05. The molecule has 2 aromatic carbocycles. The van der Waals surface area contributed by atoms with Crippen LogP contribution in [0.4, 0.5) is 4.39 Å². The molecule has 0 atom stereocenters. The molecule has 4 rings (SSSR count). The number of aromatic amines is 1. The second-order valence-electron chi connectivity index (χ2n) is 8.06. The molecule has 4 aromatic rings. The summed E-state index contributed by atoms with van der Waals surface area (Å²) in [6.45, 7) is 1.60. The lowest BCUT2D eigenvalue weighted by Gasteiger charge is -2.12. The van der Waals surface area contributed by atoms with Crippen LogP contribution in [0.1, 0.15) is 34.1 Å². The summed E-state index contributed by atoms with van der Waals surface area (Å²) in [5, 5.41) is 19.9. The van der Waals surface area contributed by atoms with Gasteiger partial charge in [0.05, 0.1) is 17.0 Å². The quantitative estimate of drug-likeness (QED) is 0.393. The van der Waals surface area contributed by atoms with Gasteiger partial charge in [0.1, 0.15) is 17.6 Å². The summed E-state index contributed by atoms with van der Waals surface area (Å²) in [4.78, 5) is 27.3. The van der Waals surface area contributed by atoms with Gasteiger partial charge in [-0.1, -0.05) is 13.0 Å². The number of halogens is 1. The Morgan fingerprint density at radius 1 is 1.23 bits per heavy atom. The number of hydrogen-bond acceptors (Lipinski definition) is 5. The molecule has 0 saturated carbocycles. The van der Waals surface area contributed by atoms with Crippen LogP contribution in [-0.4, -0.2) is 35.3 Å². The van der Waals surface area contributed by atoms with Gasteiger partial charge in [-0.05, 0) is 48.4 Å². The number of rotatable bonds is 6. The third-order valence-electron chi connectivity index (χ3n) is 5.82. The molecule has 0 aliphatic heterocycles. The number of aryl methyl sites for hydroxylation is 1. The van der Waals surface area contributed by atoms with Gasteiger partial charge in [-0.25, -0.2) is 17.6 Å². The number of nitrogens with zero attached hydrogens (tertiary/aromatic N) is 2. The van der Waals surface area contributed by atoms with E-state index in [-0.39, 0.29) is 39.4 Å². The SMILES string of the molecule is CCc1ccc2c(c1)c(-c1ccc[nH]c1=O)c(C(=O)O)n2Cc1cc(S(C)(=O)=O)c(C#N)cc1F. The minimum absolute atomic E-state index is 0.114. The summed E-state index contributed by atoms with van der Waals surface area (Å²) < 4.78 is 40.7. The molecule has 0 aliphatic rings. The number of fused-ring (bicyclic) bond motifs is 1. The monoisotopic (exact) mass is 493 g/mol. The zero-order valence-corrected chi connectivity index (χ0v) is 19.6. The van der Waals surface area contributed by atoms with Crippen LogP contribution < -0.4 is 5.56 Å². The van der Waals surface area contributed by atoms with E-state index < -0.39 is 27.2 Å². The number of carbonyl (C=O) groups is 1.